The molecule has 7 nitrogen and oxygen atoms in total. The topological polar surface area (TPSA) is 73.6 Å². The highest BCUT2D eigenvalue weighted by atomic mass is 15.3. The van der Waals surface area contributed by atoms with E-state index < -0.39 is 0 Å². The molecule has 7 heteroatoms. The van der Waals surface area contributed by atoms with Gasteiger partial charge >= 0.3 is 0 Å². The summed E-state index contributed by atoms with van der Waals surface area (Å²) >= 11 is 0. The number of benzene rings is 1. The molecule has 0 spiro atoms. The summed E-state index contributed by atoms with van der Waals surface area (Å²) in [4.78, 5) is 16.2. The number of hydrogen-bond donors (Lipinski definition) is 2. The molecule has 0 saturated carbocycles. The van der Waals surface area contributed by atoms with Crippen LogP contribution in [0.4, 0.5) is 23.0 Å². The van der Waals surface area contributed by atoms with Crippen molar-refractivity contribution in [2.75, 3.05) is 73.2 Å². The van der Waals surface area contributed by atoms with E-state index in [1.54, 1.807) is 6.33 Å². The van der Waals surface area contributed by atoms with Crippen molar-refractivity contribution in [2.45, 2.75) is 33.1 Å². The van der Waals surface area contributed by atoms with E-state index in [1.807, 2.05) is 0 Å². The molecule has 30 heavy (non-hydrogen) atoms. The van der Waals surface area contributed by atoms with E-state index >= 15 is 0 Å². The summed E-state index contributed by atoms with van der Waals surface area (Å²) in [6.45, 7) is 12.4. The summed E-state index contributed by atoms with van der Waals surface area (Å²) in [5.74, 6) is 1.61. The first-order valence-corrected chi connectivity index (χ1v) is 11.3. The Hall–Kier alpha value is -2.54. The minimum absolute atomic E-state index is 0.663. The molecule has 2 saturated heterocycles. The van der Waals surface area contributed by atoms with Gasteiger partial charge in [0.05, 0.1) is 0 Å². The molecule has 2 aromatic rings. The number of anilines is 4. The van der Waals surface area contributed by atoms with Gasteiger partial charge in [0.25, 0.3) is 0 Å². The molecule has 162 valence electrons. The van der Waals surface area contributed by atoms with Gasteiger partial charge in [-0.15, -0.1) is 0 Å². The number of piperidine rings is 1. The summed E-state index contributed by atoms with van der Waals surface area (Å²) in [5.41, 5.74) is 11.2. The van der Waals surface area contributed by atoms with Crippen LogP contribution in [-0.4, -0.2) is 67.2 Å². The van der Waals surface area contributed by atoms with Gasteiger partial charge in [0.15, 0.2) is 11.6 Å². The lowest BCUT2D eigenvalue weighted by molar-refractivity contribution is 0.237. The maximum atomic E-state index is 6.47. The summed E-state index contributed by atoms with van der Waals surface area (Å²) in [6, 6.07) is 6.55. The lowest BCUT2D eigenvalue weighted by Crippen LogP contribution is -2.47. The number of aryl methyl sites for hydroxylation is 1. The first-order chi connectivity index (χ1) is 14.6. The second-order valence-electron chi connectivity index (χ2n) is 8.48. The molecule has 3 heterocycles. The highest BCUT2D eigenvalue weighted by molar-refractivity contribution is 5.75. The van der Waals surface area contributed by atoms with Crippen LogP contribution < -0.4 is 20.9 Å². The quantitative estimate of drug-likeness (QED) is 0.760. The van der Waals surface area contributed by atoms with E-state index in [1.165, 1.54) is 49.2 Å². The van der Waals surface area contributed by atoms with Crippen LogP contribution in [0.15, 0.2) is 24.5 Å². The van der Waals surface area contributed by atoms with Gasteiger partial charge in [-0.25, -0.2) is 9.97 Å². The summed E-state index contributed by atoms with van der Waals surface area (Å²) < 4.78 is 0. The number of hydrogen-bond acceptors (Lipinski definition) is 7. The minimum atomic E-state index is 0.663. The smallest absolute Gasteiger partial charge is 0.157 e. The second-order valence-corrected chi connectivity index (χ2v) is 8.48. The van der Waals surface area contributed by atoms with Crippen LogP contribution in [0.3, 0.4) is 0 Å². The Morgan fingerprint density at radius 2 is 1.67 bits per heavy atom. The fourth-order valence-electron chi connectivity index (χ4n) is 4.53. The Balaban J connectivity index is 1.35. The van der Waals surface area contributed by atoms with Crippen molar-refractivity contribution in [3.8, 4) is 0 Å². The van der Waals surface area contributed by atoms with Gasteiger partial charge in [0.2, 0.25) is 0 Å². The van der Waals surface area contributed by atoms with E-state index in [-0.39, 0.29) is 0 Å². The molecular formula is C23H35N7. The lowest BCUT2D eigenvalue weighted by Gasteiger charge is -2.38. The molecular weight excluding hydrogens is 374 g/mol. The normalized spacial score (nSPS) is 17.9. The van der Waals surface area contributed by atoms with Gasteiger partial charge in [0.1, 0.15) is 12.0 Å². The van der Waals surface area contributed by atoms with Crippen molar-refractivity contribution in [3.05, 3.63) is 35.7 Å². The molecule has 1 aromatic carbocycles. The summed E-state index contributed by atoms with van der Waals surface area (Å²) in [6.07, 6.45) is 5.62. The Kier molecular flexibility index (Phi) is 6.57. The molecule has 0 amide bonds. The van der Waals surface area contributed by atoms with E-state index in [0.717, 1.165) is 50.9 Å². The van der Waals surface area contributed by atoms with Gasteiger partial charge in [-0.1, -0.05) is 18.6 Å². The Labute approximate surface area is 180 Å². The molecule has 0 aliphatic carbocycles. The van der Waals surface area contributed by atoms with E-state index in [4.69, 9.17) is 5.73 Å². The molecule has 4 rings (SSSR count). The first kappa shape index (κ1) is 20.7. The first-order valence-electron chi connectivity index (χ1n) is 11.3. The van der Waals surface area contributed by atoms with Crippen LogP contribution in [0.5, 0.6) is 0 Å². The van der Waals surface area contributed by atoms with Gasteiger partial charge in [-0.2, -0.15) is 0 Å². The van der Waals surface area contributed by atoms with Crippen LogP contribution in [0, 0.1) is 13.8 Å². The third-order valence-corrected chi connectivity index (χ3v) is 6.53. The van der Waals surface area contributed by atoms with E-state index in [2.05, 4.69) is 62.0 Å². The van der Waals surface area contributed by atoms with Crippen molar-refractivity contribution >= 4 is 23.0 Å². The van der Waals surface area contributed by atoms with Crippen molar-refractivity contribution < 1.29 is 0 Å². The second kappa shape index (κ2) is 9.51. The fraction of sp³-hybridized carbons (Fsp3) is 0.565. The van der Waals surface area contributed by atoms with Crippen molar-refractivity contribution in [3.63, 3.8) is 0 Å². The predicted molar refractivity (Wildman–Crippen MR) is 126 cm³/mol. The molecule has 0 bridgehead atoms. The average Bonchev–Trinajstić information content (AvgIpc) is 2.78. The number of nitrogens with two attached hydrogens (primary N) is 1. The number of nitrogens with one attached hydrogen (secondary N) is 1. The molecule has 0 radical (unpaired) electrons. The SMILES string of the molecule is Cc1cccc(N2CCN(c3ncnc(NCCN4CCCCC4)c3N)CC2)c1C. The number of likely N-dealkylation sites (tertiary alicyclic amines) is 1. The van der Waals surface area contributed by atoms with Crippen LogP contribution in [0.25, 0.3) is 0 Å². The predicted octanol–water partition coefficient (Wildman–Crippen LogP) is 2.90. The maximum absolute atomic E-state index is 6.47. The Morgan fingerprint density at radius 3 is 2.43 bits per heavy atom. The van der Waals surface area contributed by atoms with Crippen LogP contribution in [-0.2, 0) is 0 Å². The van der Waals surface area contributed by atoms with Crippen LogP contribution >= 0.6 is 0 Å². The molecule has 1 aromatic heterocycles. The van der Waals surface area contributed by atoms with Gasteiger partial charge in [-0.3, -0.25) is 0 Å². The third-order valence-electron chi connectivity index (χ3n) is 6.53. The average molecular weight is 410 g/mol. The van der Waals surface area contributed by atoms with Crippen molar-refractivity contribution in [1.29, 1.82) is 0 Å². The number of nitrogens with zero attached hydrogens (tertiary/aromatic N) is 5. The number of rotatable bonds is 6. The Bertz CT molecular complexity index is 839. The zero-order valence-corrected chi connectivity index (χ0v) is 18.4. The standard InChI is InChI=1S/C23H35N7/c1-18-7-6-8-20(19(18)2)29-13-15-30(16-14-29)23-21(24)22(26-17-27-23)25-9-12-28-10-4-3-5-11-28/h6-8,17H,3-5,9-16,24H2,1-2H3,(H,25,26,27). The highest BCUT2D eigenvalue weighted by Gasteiger charge is 2.22. The van der Waals surface area contributed by atoms with Crippen LogP contribution in [0.2, 0.25) is 0 Å². The van der Waals surface area contributed by atoms with Crippen molar-refractivity contribution in [2.24, 2.45) is 0 Å². The van der Waals surface area contributed by atoms with E-state index in [9.17, 15) is 0 Å². The summed E-state index contributed by atoms with van der Waals surface area (Å²) in [5, 5.41) is 3.43. The highest BCUT2D eigenvalue weighted by Crippen LogP contribution is 2.29. The van der Waals surface area contributed by atoms with Crippen LogP contribution in [0.1, 0.15) is 30.4 Å². The third kappa shape index (κ3) is 4.61. The number of nitrogen functional groups attached to an aromatic ring is 1. The minimum Gasteiger partial charge on any atom is -0.393 e. The van der Waals surface area contributed by atoms with Crippen molar-refractivity contribution in [1.82, 2.24) is 14.9 Å². The van der Waals surface area contributed by atoms with Gasteiger partial charge in [0, 0.05) is 45.0 Å². The Morgan fingerprint density at radius 1 is 0.933 bits per heavy atom. The number of aromatic nitrogens is 2. The fourth-order valence-corrected chi connectivity index (χ4v) is 4.53. The van der Waals surface area contributed by atoms with Gasteiger partial charge < -0.3 is 25.8 Å². The zero-order chi connectivity index (χ0) is 20.9. The zero-order valence-electron chi connectivity index (χ0n) is 18.4. The summed E-state index contributed by atoms with van der Waals surface area (Å²) in [7, 11) is 0. The van der Waals surface area contributed by atoms with E-state index in [0.29, 0.717) is 5.69 Å². The molecule has 0 atom stereocenters. The lowest BCUT2D eigenvalue weighted by atomic mass is 10.1. The molecule has 3 N–H and O–H groups in total. The molecule has 2 aliphatic rings. The monoisotopic (exact) mass is 409 g/mol. The molecule has 0 unspecified atom stereocenters. The molecule has 2 aliphatic heterocycles. The largest absolute Gasteiger partial charge is 0.393 e. The maximum Gasteiger partial charge on any atom is 0.157 e. The number of piperazine rings is 1. The molecule has 2 fully saturated rings. The van der Waals surface area contributed by atoms with Gasteiger partial charge in [-0.05, 0) is 57.0 Å².